The van der Waals surface area contributed by atoms with Crippen LogP contribution in [0.3, 0.4) is 0 Å². The van der Waals surface area contributed by atoms with E-state index in [0.29, 0.717) is 16.2 Å². The van der Waals surface area contributed by atoms with Crippen LogP contribution in [0.1, 0.15) is 0 Å². The minimum absolute atomic E-state index is 0.339. The second-order valence-electron chi connectivity index (χ2n) is 11.5. The molecule has 4 nitrogen and oxygen atoms in total. The van der Waals surface area contributed by atoms with Crippen molar-refractivity contribution in [3.05, 3.63) is 121 Å². The van der Waals surface area contributed by atoms with Crippen molar-refractivity contribution < 1.29 is 4.39 Å². The predicted molar refractivity (Wildman–Crippen MR) is 188 cm³/mol. The zero-order valence-electron chi connectivity index (χ0n) is 23.5. The minimum atomic E-state index is -0.499. The van der Waals surface area contributed by atoms with E-state index < -0.39 is 5.95 Å². The third-order valence-corrected chi connectivity index (χ3v) is 11.5. The van der Waals surface area contributed by atoms with E-state index in [-0.39, 0.29) is 0 Å². The molecule has 4 aromatic heterocycles. The molecule has 0 spiro atoms. The molecule has 45 heavy (non-hydrogen) atoms. The molecule has 0 N–H and O–H groups in total. The van der Waals surface area contributed by atoms with Crippen LogP contribution in [0, 0.1) is 5.95 Å². The number of halogens is 1. The summed E-state index contributed by atoms with van der Waals surface area (Å²) in [4.78, 5) is 12.6. The molecule has 1 aliphatic heterocycles. The first-order valence-electron chi connectivity index (χ1n) is 14.8. The van der Waals surface area contributed by atoms with Crippen LogP contribution in [0.2, 0.25) is 0 Å². The highest BCUT2D eigenvalue weighted by atomic mass is 32.1. The Morgan fingerprint density at radius 3 is 2.00 bits per heavy atom. The fourth-order valence-corrected chi connectivity index (χ4v) is 9.78. The smallest absolute Gasteiger partial charge is 0.238 e. The number of hydrogen-bond acceptors (Lipinski definition) is 5. The summed E-state index contributed by atoms with van der Waals surface area (Å²) in [5.74, 6) is -0.161. The summed E-state index contributed by atoms with van der Waals surface area (Å²) in [6.07, 6.45) is 0. The van der Waals surface area contributed by atoms with Crippen molar-refractivity contribution in [1.29, 1.82) is 0 Å². The van der Waals surface area contributed by atoms with E-state index in [1.54, 1.807) is 11.3 Å². The first kappa shape index (κ1) is 24.0. The standard InChI is InChI=1S/C38H19FN4S2/c39-36-31-25-14-5-8-19-29(25)45-37(31)41-38(40-36)43-27-17-9-15-22-20-10-3-6-16-26(20)42(32(22)27)33-23-12-2-1-11-21(23)30-24-13-4-7-18-28(24)44-35(30)34(33)43/h1-19H. The number of anilines is 3. The van der Waals surface area contributed by atoms with Gasteiger partial charge in [0.15, 0.2) is 0 Å². The summed E-state index contributed by atoms with van der Waals surface area (Å²) in [6, 6.07) is 40.1. The average molecular weight is 615 g/mol. The molecule has 0 atom stereocenters. The van der Waals surface area contributed by atoms with Crippen LogP contribution in [-0.4, -0.2) is 14.5 Å². The van der Waals surface area contributed by atoms with Gasteiger partial charge in [0.1, 0.15) is 4.83 Å². The van der Waals surface area contributed by atoms with Gasteiger partial charge in [0.2, 0.25) is 11.9 Å². The first-order chi connectivity index (χ1) is 22.3. The first-order valence-corrected chi connectivity index (χ1v) is 16.4. The summed E-state index contributed by atoms with van der Waals surface area (Å²) in [6.45, 7) is 0. The lowest BCUT2D eigenvalue weighted by molar-refractivity contribution is 0.595. The second kappa shape index (κ2) is 8.41. The number of nitrogens with zero attached hydrogens (tertiary/aromatic N) is 4. The normalized spacial score (nSPS) is 13.0. The summed E-state index contributed by atoms with van der Waals surface area (Å²) in [5, 5.41) is 8.39. The Labute approximate surface area is 262 Å². The fraction of sp³-hybridized carbons (Fsp3) is 0. The lowest BCUT2D eigenvalue weighted by atomic mass is 9.98. The zero-order chi connectivity index (χ0) is 29.4. The Balaban J connectivity index is 1.39. The largest absolute Gasteiger partial charge is 0.304 e. The number of fused-ring (bicyclic) bond motifs is 15. The molecule has 0 saturated heterocycles. The quantitative estimate of drug-likeness (QED) is 0.173. The van der Waals surface area contributed by atoms with Crippen molar-refractivity contribution in [3.63, 3.8) is 0 Å². The van der Waals surface area contributed by atoms with Gasteiger partial charge < -0.3 is 4.57 Å². The van der Waals surface area contributed by atoms with E-state index in [1.165, 1.54) is 37.6 Å². The van der Waals surface area contributed by atoms with Gasteiger partial charge in [0.05, 0.1) is 38.2 Å². The van der Waals surface area contributed by atoms with Crippen LogP contribution >= 0.6 is 22.7 Å². The maximum atomic E-state index is 16.3. The molecule has 5 heterocycles. The Bertz CT molecular complexity index is 2920. The van der Waals surface area contributed by atoms with Crippen LogP contribution in [0.25, 0.3) is 78.7 Å². The Morgan fingerprint density at radius 2 is 1.18 bits per heavy atom. The molecule has 0 saturated carbocycles. The van der Waals surface area contributed by atoms with E-state index >= 15 is 4.39 Å². The van der Waals surface area contributed by atoms with Crippen LogP contribution in [0.15, 0.2) is 115 Å². The Kier molecular flexibility index (Phi) is 4.49. The van der Waals surface area contributed by atoms with Crippen LogP contribution in [0.4, 0.5) is 21.7 Å². The lowest BCUT2D eigenvalue weighted by Crippen LogP contribution is -2.21. The third-order valence-electron chi connectivity index (χ3n) is 9.23. The molecule has 0 amide bonds. The summed E-state index contributed by atoms with van der Waals surface area (Å²) in [5.41, 5.74) is 5.18. The average Bonchev–Trinajstić information content (AvgIpc) is 3.76. The van der Waals surface area contributed by atoms with Crippen molar-refractivity contribution in [1.82, 2.24) is 14.5 Å². The van der Waals surface area contributed by atoms with E-state index in [0.717, 1.165) is 53.7 Å². The molecule has 7 heteroatoms. The van der Waals surface area contributed by atoms with Gasteiger partial charge in [-0.05, 0) is 29.7 Å². The van der Waals surface area contributed by atoms with Gasteiger partial charge in [0.25, 0.3) is 0 Å². The third kappa shape index (κ3) is 2.95. The molecule has 0 fully saturated rings. The van der Waals surface area contributed by atoms with E-state index in [2.05, 4.69) is 105 Å². The van der Waals surface area contributed by atoms with Gasteiger partial charge in [-0.15, -0.1) is 22.7 Å². The van der Waals surface area contributed by atoms with Crippen LogP contribution < -0.4 is 4.90 Å². The number of para-hydroxylation sites is 2. The van der Waals surface area contributed by atoms with Crippen LogP contribution in [0.5, 0.6) is 0 Å². The fourth-order valence-electron chi connectivity index (χ4n) is 7.47. The SMILES string of the molecule is Fc1nc(N2c3c(c4ccccc4c4c3sc3ccccc34)-n3c4ccccc4c4cccc2c43)nc2sc3ccccc3c12. The maximum absolute atomic E-state index is 16.3. The summed E-state index contributed by atoms with van der Waals surface area (Å²) >= 11 is 3.28. The van der Waals surface area contributed by atoms with E-state index in [9.17, 15) is 0 Å². The van der Waals surface area contributed by atoms with Gasteiger partial charge in [-0.3, -0.25) is 4.90 Å². The molecular weight excluding hydrogens is 596 g/mol. The summed E-state index contributed by atoms with van der Waals surface area (Å²) in [7, 11) is 0. The zero-order valence-corrected chi connectivity index (χ0v) is 25.1. The minimum Gasteiger partial charge on any atom is -0.304 e. The lowest BCUT2D eigenvalue weighted by Gasteiger charge is -2.33. The highest BCUT2D eigenvalue weighted by Gasteiger charge is 2.35. The highest BCUT2D eigenvalue weighted by molar-refractivity contribution is 7.26. The molecule has 11 rings (SSSR count). The van der Waals surface area contributed by atoms with Crippen molar-refractivity contribution in [2.45, 2.75) is 0 Å². The number of aromatic nitrogens is 3. The Morgan fingerprint density at radius 1 is 0.533 bits per heavy atom. The number of thiophene rings is 2. The molecular formula is C38H19FN4S2. The van der Waals surface area contributed by atoms with Gasteiger partial charge in [0, 0.05) is 41.7 Å². The number of hydrogen-bond donors (Lipinski definition) is 0. The van der Waals surface area contributed by atoms with Crippen molar-refractivity contribution in [2.75, 3.05) is 4.90 Å². The van der Waals surface area contributed by atoms with Crippen LogP contribution in [-0.2, 0) is 0 Å². The van der Waals surface area contributed by atoms with Gasteiger partial charge in [-0.25, -0.2) is 4.98 Å². The maximum Gasteiger partial charge on any atom is 0.238 e. The molecule has 0 radical (unpaired) electrons. The van der Waals surface area contributed by atoms with E-state index in [1.807, 2.05) is 24.3 Å². The highest BCUT2D eigenvalue weighted by Crippen LogP contribution is 2.56. The molecule has 0 aliphatic carbocycles. The predicted octanol–water partition coefficient (Wildman–Crippen LogP) is 11.4. The number of benzene rings is 6. The topological polar surface area (TPSA) is 34.0 Å². The summed E-state index contributed by atoms with van der Waals surface area (Å²) < 4.78 is 22.0. The van der Waals surface area contributed by atoms with Crippen molar-refractivity contribution >= 4 is 113 Å². The monoisotopic (exact) mass is 614 g/mol. The van der Waals surface area contributed by atoms with E-state index in [4.69, 9.17) is 4.98 Å². The van der Waals surface area contributed by atoms with Gasteiger partial charge in [-0.1, -0.05) is 91.0 Å². The molecule has 210 valence electrons. The molecule has 0 unspecified atom stereocenters. The number of rotatable bonds is 1. The van der Waals surface area contributed by atoms with Crippen molar-refractivity contribution in [3.8, 4) is 5.69 Å². The van der Waals surface area contributed by atoms with Gasteiger partial charge in [-0.2, -0.15) is 9.37 Å². The Hall–Kier alpha value is -5.37. The molecule has 6 aromatic carbocycles. The van der Waals surface area contributed by atoms with Crippen molar-refractivity contribution in [2.24, 2.45) is 0 Å². The second-order valence-corrected chi connectivity index (χ2v) is 13.6. The molecule has 10 aromatic rings. The van der Waals surface area contributed by atoms with Gasteiger partial charge >= 0.3 is 0 Å². The molecule has 1 aliphatic rings. The molecule has 0 bridgehead atoms.